The quantitative estimate of drug-likeness (QED) is 0.857. The molecule has 0 saturated heterocycles. The zero-order chi connectivity index (χ0) is 18.5. The van der Waals surface area contributed by atoms with E-state index >= 15 is 0 Å². The van der Waals surface area contributed by atoms with Crippen LogP contribution in [0, 0.1) is 0 Å². The average molecular weight is 370 g/mol. The summed E-state index contributed by atoms with van der Waals surface area (Å²) in [5.74, 6) is -0.0176. The molecule has 0 bridgehead atoms. The maximum atomic E-state index is 12.7. The van der Waals surface area contributed by atoms with Crippen molar-refractivity contribution in [3.05, 3.63) is 48.3 Å². The zero-order valence-electron chi connectivity index (χ0n) is 15.7. The van der Waals surface area contributed by atoms with Gasteiger partial charge in [-0.1, -0.05) is 18.6 Å². The highest BCUT2D eigenvalue weighted by atomic mass is 32.2. The van der Waals surface area contributed by atoms with E-state index in [1.807, 2.05) is 38.1 Å². The predicted molar refractivity (Wildman–Crippen MR) is 111 cm³/mol. The van der Waals surface area contributed by atoms with E-state index in [1.165, 1.54) is 12.8 Å². The van der Waals surface area contributed by atoms with Crippen molar-refractivity contribution in [2.45, 2.75) is 37.0 Å². The number of carbonyl (C=O) groups excluding carboxylic acids is 1. The van der Waals surface area contributed by atoms with Crippen LogP contribution in [0.2, 0.25) is 0 Å². The lowest BCUT2D eigenvalue weighted by Crippen LogP contribution is -2.39. The molecule has 26 heavy (non-hydrogen) atoms. The van der Waals surface area contributed by atoms with Gasteiger partial charge in [-0.3, -0.25) is 9.78 Å². The Hall–Kier alpha value is -2.01. The minimum Gasteiger partial charge on any atom is -0.378 e. The highest BCUT2D eigenvalue weighted by molar-refractivity contribution is 7.99. The van der Waals surface area contributed by atoms with Gasteiger partial charge in [0.05, 0.1) is 5.56 Å². The van der Waals surface area contributed by atoms with Crippen LogP contribution in [-0.4, -0.2) is 42.5 Å². The van der Waals surface area contributed by atoms with Gasteiger partial charge in [0.25, 0.3) is 5.91 Å². The van der Waals surface area contributed by atoms with Crippen molar-refractivity contribution >= 4 is 23.4 Å². The Labute approximate surface area is 160 Å². The Bertz CT molecular complexity index is 745. The number of anilines is 1. The number of pyridine rings is 1. The molecule has 1 aromatic carbocycles. The minimum absolute atomic E-state index is 0.0176. The second kappa shape index (κ2) is 8.58. The summed E-state index contributed by atoms with van der Waals surface area (Å²) in [6.07, 6.45) is 10.2. The second-order valence-electron chi connectivity index (χ2n) is 7.10. The number of thioether (sulfide) groups is 1. The molecule has 4 nitrogen and oxygen atoms in total. The largest absolute Gasteiger partial charge is 0.378 e. The van der Waals surface area contributed by atoms with Crippen molar-refractivity contribution in [1.82, 2.24) is 10.3 Å². The van der Waals surface area contributed by atoms with E-state index in [4.69, 9.17) is 0 Å². The molecule has 0 unspecified atom stereocenters. The maximum Gasteiger partial charge on any atom is 0.253 e. The van der Waals surface area contributed by atoms with Crippen molar-refractivity contribution in [2.75, 3.05) is 25.3 Å². The van der Waals surface area contributed by atoms with Gasteiger partial charge in [0.15, 0.2) is 0 Å². The van der Waals surface area contributed by atoms with Gasteiger partial charge in [0, 0.05) is 49.0 Å². The molecule has 1 aliphatic rings. The highest BCUT2D eigenvalue weighted by Crippen LogP contribution is 2.27. The topological polar surface area (TPSA) is 45.2 Å². The van der Waals surface area contributed by atoms with E-state index in [0.29, 0.717) is 10.8 Å². The molecule has 5 heteroatoms. The number of hydrogen-bond acceptors (Lipinski definition) is 4. The summed E-state index contributed by atoms with van der Waals surface area (Å²) in [6.45, 7) is 0. The molecule has 1 amide bonds. The van der Waals surface area contributed by atoms with Crippen molar-refractivity contribution in [1.29, 1.82) is 0 Å². The summed E-state index contributed by atoms with van der Waals surface area (Å²) in [6, 6.07) is 10.5. The molecule has 1 N–H and O–H groups in total. The first-order valence-corrected chi connectivity index (χ1v) is 10.4. The van der Waals surface area contributed by atoms with Crippen LogP contribution in [-0.2, 0) is 0 Å². The minimum atomic E-state index is -0.0176. The highest BCUT2D eigenvalue weighted by Gasteiger charge is 2.23. The summed E-state index contributed by atoms with van der Waals surface area (Å²) < 4.78 is 0. The number of amides is 1. The Balaban J connectivity index is 1.71. The molecule has 138 valence electrons. The summed E-state index contributed by atoms with van der Waals surface area (Å²) in [7, 11) is 4.04. The van der Waals surface area contributed by atoms with Crippen LogP contribution in [0.15, 0.2) is 42.7 Å². The predicted octanol–water partition coefficient (Wildman–Crippen LogP) is 4.22. The molecule has 0 aliphatic heterocycles. The number of nitrogens with zero attached hydrogens (tertiary/aromatic N) is 2. The lowest BCUT2D eigenvalue weighted by atomic mass is 9.94. The molecule has 1 aliphatic carbocycles. The van der Waals surface area contributed by atoms with Gasteiger partial charge >= 0.3 is 0 Å². The smallest absolute Gasteiger partial charge is 0.253 e. The third kappa shape index (κ3) is 4.58. The first-order chi connectivity index (χ1) is 12.6. The third-order valence-electron chi connectivity index (χ3n) is 5.01. The number of benzene rings is 1. The number of aromatic nitrogens is 1. The molecule has 1 heterocycles. The number of nitrogens with one attached hydrogen (secondary N) is 1. The Morgan fingerprint density at radius 1 is 1.15 bits per heavy atom. The van der Waals surface area contributed by atoms with Gasteiger partial charge in [-0.05, 0) is 49.3 Å². The van der Waals surface area contributed by atoms with Crippen LogP contribution in [0.1, 0.15) is 36.0 Å². The van der Waals surface area contributed by atoms with Crippen molar-refractivity contribution in [2.24, 2.45) is 0 Å². The van der Waals surface area contributed by atoms with Crippen molar-refractivity contribution < 1.29 is 4.79 Å². The van der Waals surface area contributed by atoms with Gasteiger partial charge in [-0.25, -0.2) is 0 Å². The fourth-order valence-corrected chi connectivity index (χ4v) is 4.26. The summed E-state index contributed by atoms with van der Waals surface area (Å²) in [4.78, 5) is 19.0. The van der Waals surface area contributed by atoms with E-state index in [2.05, 4.69) is 45.7 Å². The summed E-state index contributed by atoms with van der Waals surface area (Å²) in [5.41, 5.74) is 3.81. The van der Waals surface area contributed by atoms with Crippen LogP contribution in [0.3, 0.4) is 0 Å². The molecule has 3 rings (SSSR count). The molecule has 1 aromatic heterocycles. The fourth-order valence-electron chi connectivity index (χ4n) is 3.43. The van der Waals surface area contributed by atoms with Gasteiger partial charge < -0.3 is 10.2 Å². The fraction of sp³-hybridized carbons (Fsp3) is 0.429. The third-order valence-corrected chi connectivity index (χ3v) is 6.11. The van der Waals surface area contributed by atoms with Gasteiger partial charge in [0.1, 0.15) is 0 Å². The normalized spacial score (nSPS) is 19.8. The standard InChI is InChI=1S/C21H27N3OS/c1-24(2)19-9-7-15(8-10-19)16-11-17(14-22-13-16)21(25)23-18-5-4-6-20(12-18)26-3/h7-11,13-14,18,20H,4-6,12H2,1-3H3,(H,23,25)/t18-,20-/m1/s1. The molecule has 0 spiro atoms. The SMILES string of the molecule is CS[C@@H]1CCC[C@@H](NC(=O)c2cncc(-c3ccc(N(C)C)cc3)c2)C1. The van der Waals surface area contributed by atoms with E-state index in [9.17, 15) is 4.79 Å². The maximum absolute atomic E-state index is 12.7. The van der Waals surface area contributed by atoms with E-state index in [-0.39, 0.29) is 11.9 Å². The first kappa shape index (κ1) is 18.8. The van der Waals surface area contributed by atoms with Gasteiger partial charge in [0.2, 0.25) is 0 Å². The molecular formula is C21H27N3OS. The van der Waals surface area contributed by atoms with Crippen LogP contribution in [0.5, 0.6) is 0 Å². The van der Waals surface area contributed by atoms with Crippen LogP contribution in [0.4, 0.5) is 5.69 Å². The molecule has 1 fully saturated rings. The van der Waals surface area contributed by atoms with Crippen molar-refractivity contribution in [3.63, 3.8) is 0 Å². The second-order valence-corrected chi connectivity index (χ2v) is 8.24. The summed E-state index contributed by atoms with van der Waals surface area (Å²) >= 11 is 1.91. The first-order valence-electron chi connectivity index (χ1n) is 9.13. The van der Waals surface area contributed by atoms with Crippen LogP contribution < -0.4 is 10.2 Å². The lowest BCUT2D eigenvalue weighted by Gasteiger charge is -2.28. The van der Waals surface area contributed by atoms with Gasteiger partial charge in [-0.2, -0.15) is 11.8 Å². The Morgan fingerprint density at radius 2 is 1.92 bits per heavy atom. The van der Waals surface area contributed by atoms with E-state index in [0.717, 1.165) is 29.7 Å². The number of carbonyl (C=O) groups is 1. The van der Waals surface area contributed by atoms with E-state index < -0.39 is 0 Å². The Morgan fingerprint density at radius 3 is 2.62 bits per heavy atom. The molecule has 1 saturated carbocycles. The summed E-state index contributed by atoms with van der Waals surface area (Å²) in [5, 5.41) is 3.86. The number of hydrogen-bond donors (Lipinski definition) is 1. The Kier molecular flexibility index (Phi) is 6.20. The lowest BCUT2D eigenvalue weighted by molar-refractivity contribution is 0.0928. The van der Waals surface area contributed by atoms with Gasteiger partial charge in [-0.15, -0.1) is 0 Å². The van der Waals surface area contributed by atoms with Crippen molar-refractivity contribution in [3.8, 4) is 11.1 Å². The monoisotopic (exact) mass is 369 g/mol. The number of rotatable bonds is 5. The molecule has 0 radical (unpaired) electrons. The van der Waals surface area contributed by atoms with E-state index in [1.54, 1.807) is 6.20 Å². The molecule has 2 atom stereocenters. The average Bonchev–Trinajstić information content (AvgIpc) is 2.68. The zero-order valence-corrected chi connectivity index (χ0v) is 16.6. The molecule has 2 aromatic rings. The molecular weight excluding hydrogens is 342 g/mol. The van der Waals surface area contributed by atoms with Crippen LogP contribution in [0.25, 0.3) is 11.1 Å². The van der Waals surface area contributed by atoms with Crippen LogP contribution >= 0.6 is 11.8 Å².